The van der Waals surface area contributed by atoms with Crippen LogP contribution in [0.25, 0.3) is 0 Å². The summed E-state index contributed by atoms with van der Waals surface area (Å²) in [4.78, 5) is 0. The highest BCUT2D eigenvalue weighted by molar-refractivity contribution is 5.33. The van der Waals surface area contributed by atoms with E-state index in [0.29, 0.717) is 18.1 Å². The van der Waals surface area contributed by atoms with Crippen LogP contribution in [-0.4, -0.2) is 6.61 Å². The third-order valence-electron chi connectivity index (χ3n) is 4.07. The van der Waals surface area contributed by atoms with Gasteiger partial charge < -0.3 is 4.74 Å². The topological polar surface area (TPSA) is 9.23 Å². The Morgan fingerprint density at radius 2 is 1.89 bits per heavy atom. The fourth-order valence-corrected chi connectivity index (χ4v) is 2.93. The average molecular weight is 268 g/mol. The van der Waals surface area contributed by atoms with Gasteiger partial charge in [0.15, 0.2) is 11.6 Å². The van der Waals surface area contributed by atoms with Crippen molar-refractivity contribution in [1.29, 1.82) is 0 Å². The number of hydrogen-bond donors (Lipinski definition) is 0. The van der Waals surface area contributed by atoms with E-state index in [2.05, 4.69) is 6.92 Å². The van der Waals surface area contributed by atoms with Crippen LogP contribution in [0.5, 0.6) is 5.75 Å². The first-order valence-electron chi connectivity index (χ1n) is 7.24. The monoisotopic (exact) mass is 268 g/mol. The highest BCUT2D eigenvalue weighted by Gasteiger charge is 2.23. The Kier molecular flexibility index (Phi) is 4.78. The maximum absolute atomic E-state index is 14.1. The summed E-state index contributed by atoms with van der Waals surface area (Å²) in [7, 11) is 0. The SMILES string of the molecule is CCOc1ccc(C2CCCC(C)CC2)c(F)c1F. The zero-order valence-corrected chi connectivity index (χ0v) is 11.7. The summed E-state index contributed by atoms with van der Waals surface area (Å²) in [5, 5.41) is 0. The molecule has 1 fully saturated rings. The van der Waals surface area contributed by atoms with Gasteiger partial charge in [-0.05, 0) is 43.2 Å². The van der Waals surface area contributed by atoms with E-state index in [1.165, 1.54) is 6.42 Å². The second-order valence-electron chi connectivity index (χ2n) is 5.52. The lowest BCUT2D eigenvalue weighted by Gasteiger charge is -2.17. The average Bonchev–Trinajstić information content (AvgIpc) is 2.61. The second-order valence-corrected chi connectivity index (χ2v) is 5.52. The standard InChI is InChI=1S/C16H22F2O/c1-3-19-14-10-9-13(15(17)16(14)18)12-6-4-5-11(2)7-8-12/h9-12H,3-8H2,1-2H3. The Bertz CT molecular complexity index is 431. The fraction of sp³-hybridized carbons (Fsp3) is 0.625. The molecule has 0 heterocycles. The molecule has 0 N–H and O–H groups in total. The van der Waals surface area contributed by atoms with E-state index in [9.17, 15) is 8.78 Å². The molecule has 1 aliphatic rings. The third-order valence-corrected chi connectivity index (χ3v) is 4.07. The molecule has 1 aromatic carbocycles. The van der Waals surface area contributed by atoms with Crippen LogP contribution in [0.2, 0.25) is 0 Å². The molecule has 2 rings (SSSR count). The molecule has 1 saturated carbocycles. The fourth-order valence-electron chi connectivity index (χ4n) is 2.93. The minimum atomic E-state index is -0.836. The summed E-state index contributed by atoms with van der Waals surface area (Å²) in [5.41, 5.74) is 0.523. The quantitative estimate of drug-likeness (QED) is 0.697. The molecular formula is C16H22F2O. The lowest BCUT2D eigenvalue weighted by Crippen LogP contribution is -2.05. The first-order valence-corrected chi connectivity index (χ1v) is 7.24. The number of ether oxygens (including phenoxy) is 1. The largest absolute Gasteiger partial charge is 0.491 e. The number of rotatable bonds is 3. The van der Waals surface area contributed by atoms with Gasteiger partial charge in [0, 0.05) is 0 Å². The van der Waals surface area contributed by atoms with E-state index >= 15 is 0 Å². The molecule has 2 atom stereocenters. The van der Waals surface area contributed by atoms with E-state index in [-0.39, 0.29) is 11.7 Å². The normalized spacial score (nSPS) is 24.0. The highest BCUT2D eigenvalue weighted by Crippen LogP contribution is 2.37. The van der Waals surface area contributed by atoms with E-state index < -0.39 is 11.6 Å². The molecule has 0 spiro atoms. The summed E-state index contributed by atoms with van der Waals surface area (Å²) >= 11 is 0. The Morgan fingerprint density at radius 1 is 1.11 bits per heavy atom. The lowest BCUT2D eigenvalue weighted by molar-refractivity contribution is 0.312. The molecule has 106 valence electrons. The predicted molar refractivity (Wildman–Crippen MR) is 72.5 cm³/mol. The van der Waals surface area contributed by atoms with Crippen LogP contribution in [0.15, 0.2) is 12.1 Å². The van der Waals surface area contributed by atoms with Crippen LogP contribution in [-0.2, 0) is 0 Å². The Hall–Kier alpha value is -1.12. The van der Waals surface area contributed by atoms with Crippen LogP contribution in [0.4, 0.5) is 8.78 Å². The Morgan fingerprint density at radius 3 is 2.63 bits per heavy atom. The maximum atomic E-state index is 14.1. The van der Waals surface area contributed by atoms with E-state index in [4.69, 9.17) is 4.74 Å². The minimum absolute atomic E-state index is 0.0192. The lowest BCUT2D eigenvalue weighted by atomic mass is 9.91. The molecular weight excluding hydrogens is 246 g/mol. The molecule has 1 aromatic rings. The minimum Gasteiger partial charge on any atom is -0.491 e. The summed E-state index contributed by atoms with van der Waals surface area (Å²) < 4.78 is 33.1. The van der Waals surface area contributed by atoms with Gasteiger partial charge in [-0.2, -0.15) is 4.39 Å². The van der Waals surface area contributed by atoms with Gasteiger partial charge in [0.2, 0.25) is 5.82 Å². The smallest absolute Gasteiger partial charge is 0.200 e. The first-order chi connectivity index (χ1) is 9.13. The maximum Gasteiger partial charge on any atom is 0.200 e. The van der Waals surface area contributed by atoms with Crippen LogP contribution in [0, 0.1) is 17.6 Å². The van der Waals surface area contributed by atoms with Gasteiger partial charge in [0.25, 0.3) is 0 Å². The summed E-state index contributed by atoms with van der Waals surface area (Å²) in [6.07, 6.45) is 5.29. The van der Waals surface area contributed by atoms with Gasteiger partial charge in [-0.1, -0.05) is 32.3 Å². The molecule has 0 amide bonds. The van der Waals surface area contributed by atoms with Gasteiger partial charge in [-0.15, -0.1) is 0 Å². The second kappa shape index (κ2) is 6.36. The van der Waals surface area contributed by atoms with Crippen LogP contribution in [0.3, 0.4) is 0 Å². The van der Waals surface area contributed by atoms with Gasteiger partial charge in [-0.3, -0.25) is 0 Å². The molecule has 0 bridgehead atoms. The summed E-state index contributed by atoms with van der Waals surface area (Å²) in [6.45, 7) is 4.34. The van der Waals surface area contributed by atoms with E-state index in [0.717, 1.165) is 25.7 Å². The van der Waals surface area contributed by atoms with Gasteiger partial charge in [-0.25, -0.2) is 4.39 Å². The van der Waals surface area contributed by atoms with Crippen LogP contribution < -0.4 is 4.74 Å². The van der Waals surface area contributed by atoms with Crippen molar-refractivity contribution in [2.45, 2.75) is 51.9 Å². The first kappa shape index (κ1) is 14.3. The van der Waals surface area contributed by atoms with Crippen LogP contribution in [0.1, 0.15) is 57.4 Å². The van der Waals surface area contributed by atoms with Crippen molar-refractivity contribution < 1.29 is 13.5 Å². The van der Waals surface area contributed by atoms with Gasteiger partial charge in [0.1, 0.15) is 0 Å². The molecule has 19 heavy (non-hydrogen) atoms. The van der Waals surface area contributed by atoms with Crippen molar-refractivity contribution in [3.05, 3.63) is 29.3 Å². The number of benzene rings is 1. The zero-order valence-electron chi connectivity index (χ0n) is 11.7. The van der Waals surface area contributed by atoms with Crippen molar-refractivity contribution in [1.82, 2.24) is 0 Å². The van der Waals surface area contributed by atoms with Crippen molar-refractivity contribution >= 4 is 0 Å². The highest BCUT2D eigenvalue weighted by atomic mass is 19.2. The number of hydrogen-bond acceptors (Lipinski definition) is 1. The van der Waals surface area contributed by atoms with Crippen molar-refractivity contribution in [2.75, 3.05) is 6.61 Å². The number of halogens is 2. The molecule has 2 unspecified atom stereocenters. The molecule has 0 aliphatic heterocycles. The molecule has 3 heteroatoms. The molecule has 1 nitrogen and oxygen atoms in total. The van der Waals surface area contributed by atoms with Gasteiger partial charge >= 0.3 is 0 Å². The van der Waals surface area contributed by atoms with Crippen molar-refractivity contribution in [2.24, 2.45) is 5.92 Å². The van der Waals surface area contributed by atoms with Crippen molar-refractivity contribution in [3.63, 3.8) is 0 Å². The van der Waals surface area contributed by atoms with E-state index in [1.54, 1.807) is 19.1 Å². The molecule has 0 radical (unpaired) electrons. The van der Waals surface area contributed by atoms with E-state index in [1.807, 2.05) is 0 Å². The Labute approximate surface area is 114 Å². The Balaban J connectivity index is 2.22. The van der Waals surface area contributed by atoms with Crippen LogP contribution >= 0.6 is 0 Å². The zero-order chi connectivity index (χ0) is 13.8. The molecule has 0 aromatic heterocycles. The molecule has 1 aliphatic carbocycles. The predicted octanol–water partition coefficient (Wildman–Crippen LogP) is 5.05. The molecule has 0 saturated heterocycles. The third kappa shape index (κ3) is 3.26. The van der Waals surface area contributed by atoms with Crippen molar-refractivity contribution in [3.8, 4) is 5.75 Å². The summed E-state index contributed by atoms with van der Waals surface area (Å²) in [6, 6.07) is 3.26. The summed E-state index contributed by atoms with van der Waals surface area (Å²) in [5.74, 6) is -0.691. The van der Waals surface area contributed by atoms with Gasteiger partial charge in [0.05, 0.1) is 6.61 Å².